The monoisotopic (exact) mass is 370 g/mol. The Bertz CT molecular complexity index is 792. The third kappa shape index (κ3) is 5.56. The van der Waals surface area contributed by atoms with Crippen molar-refractivity contribution in [3.05, 3.63) is 58.7 Å². The van der Waals surface area contributed by atoms with E-state index in [-0.39, 0.29) is 11.0 Å². The Balaban J connectivity index is 2.03. The summed E-state index contributed by atoms with van der Waals surface area (Å²) in [7, 11) is 0. The highest BCUT2D eigenvalue weighted by molar-refractivity contribution is 7.80. The molecule has 0 aliphatic rings. The number of rotatable bonds is 5. The second-order valence-corrected chi connectivity index (χ2v) is 7.32. The SMILES string of the molecule is Cc1cc(C)c(NC(=S)NC(=O)c2cccc(OCC(C)C)c2)c(C)c1. The molecule has 0 aromatic heterocycles. The maximum atomic E-state index is 12.5. The first-order valence-corrected chi connectivity index (χ1v) is 9.10. The van der Waals surface area contributed by atoms with Gasteiger partial charge in [0.1, 0.15) is 5.75 Å². The maximum Gasteiger partial charge on any atom is 0.257 e. The van der Waals surface area contributed by atoms with Gasteiger partial charge in [0.05, 0.1) is 6.61 Å². The third-order valence-electron chi connectivity index (χ3n) is 3.82. The summed E-state index contributed by atoms with van der Waals surface area (Å²) < 4.78 is 5.67. The van der Waals surface area contributed by atoms with E-state index in [0.29, 0.717) is 23.8 Å². The van der Waals surface area contributed by atoms with Crippen LogP contribution in [0, 0.1) is 26.7 Å². The summed E-state index contributed by atoms with van der Waals surface area (Å²) in [6.07, 6.45) is 0. The normalized spacial score (nSPS) is 10.5. The standard InChI is InChI=1S/C21H26N2O2S/c1-13(2)12-25-18-8-6-7-17(11-18)20(24)23-21(26)22-19-15(4)9-14(3)10-16(19)5/h6-11,13H,12H2,1-5H3,(H2,22,23,24,26). The maximum absolute atomic E-state index is 12.5. The molecule has 0 atom stereocenters. The number of hydrogen-bond acceptors (Lipinski definition) is 3. The molecule has 0 aliphatic heterocycles. The Morgan fingerprint density at radius 1 is 1.12 bits per heavy atom. The molecule has 2 aromatic carbocycles. The highest BCUT2D eigenvalue weighted by Crippen LogP contribution is 2.22. The molecule has 1 amide bonds. The summed E-state index contributed by atoms with van der Waals surface area (Å²) in [6.45, 7) is 10.9. The van der Waals surface area contributed by atoms with Crippen molar-refractivity contribution in [1.82, 2.24) is 5.32 Å². The van der Waals surface area contributed by atoms with Crippen LogP contribution in [-0.2, 0) is 0 Å². The van der Waals surface area contributed by atoms with Crippen LogP contribution in [-0.4, -0.2) is 17.6 Å². The molecule has 0 aliphatic carbocycles. The number of benzene rings is 2. The van der Waals surface area contributed by atoms with Gasteiger partial charge in [-0.3, -0.25) is 10.1 Å². The predicted molar refractivity (Wildman–Crippen MR) is 111 cm³/mol. The zero-order chi connectivity index (χ0) is 19.3. The molecule has 0 fully saturated rings. The highest BCUT2D eigenvalue weighted by Gasteiger charge is 2.11. The number of ether oxygens (including phenoxy) is 1. The number of carbonyl (C=O) groups is 1. The van der Waals surface area contributed by atoms with Gasteiger partial charge in [-0.05, 0) is 68.2 Å². The summed E-state index contributed by atoms with van der Waals surface area (Å²) >= 11 is 5.31. The van der Waals surface area contributed by atoms with Gasteiger partial charge in [0, 0.05) is 11.3 Å². The average Bonchev–Trinajstić information content (AvgIpc) is 2.56. The number of amides is 1. The molecule has 0 spiro atoms. The van der Waals surface area contributed by atoms with E-state index in [9.17, 15) is 4.79 Å². The number of nitrogens with one attached hydrogen (secondary N) is 2. The van der Waals surface area contributed by atoms with Gasteiger partial charge in [0.15, 0.2) is 5.11 Å². The molecule has 2 aromatic rings. The van der Waals surface area contributed by atoms with Crippen LogP contribution in [0.4, 0.5) is 5.69 Å². The Morgan fingerprint density at radius 3 is 2.38 bits per heavy atom. The van der Waals surface area contributed by atoms with Gasteiger partial charge in [0.2, 0.25) is 0 Å². The third-order valence-corrected chi connectivity index (χ3v) is 4.03. The van der Waals surface area contributed by atoms with E-state index in [0.717, 1.165) is 16.8 Å². The van der Waals surface area contributed by atoms with Gasteiger partial charge in [0.25, 0.3) is 5.91 Å². The molecular weight excluding hydrogens is 344 g/mol. The Morgan fingerprint density at radius 2 is 1.77 bits per heavy atom. The lowest BCUT2D eigenvalue weighted by Gasteiger charge is -2.15. The molecule has 2 rings (SSSR count). The van der Waals surface area contributed by atoms with E-state index in [2.05, 4.69) is 43.5 Å². The fourth-order valence-corrected chi connectivity index (χ4v) is 2.88. The molecular formula is C21H26N2O2S. The van der Waals surface area contributed by atoms with Crippen LogP contribution >= 0.6 is 12.2 Å². The van der Waals surface area contributed by atoms with E-state index < -0.39 is 0 Å². The van der Waals surface area contributed by atoms with E-state index in [1.165, 1.54) is 5.56 Å². The number of thiocarbonyl (C=S) groups is 1. The molecule has 0 radical (unpaired) electrons. The fourth-order valence-electron chi connectivity index (χ4n) is 2.69. The van der Waals surface area contributed by atoms with Crippen molar-refractivity contribution in [3.8, 4) is 5.75 Å². The smallest absolute Gasteiger partial charge is 0.257 e. The molecule has 2 N–H and O–H groups in total. The Hall–Kier alpha value is -2.40. The van der Waals surface area contributed by atoms with Crippen LogP contribution in [0.3, 0.4) is 0 Å². The summed E-state index contributed by atoms with van der Waals surface area (Å²) in [6, 6.07) is 11.3. The van der Waals surface area contributed by atoms with Crippen LogP contribution in [0.2, 0.25) is 0 Å². The van der Waals surface area contributed by atoms with Gasteiger partial charge in [-0.15, -0.1) is 0 Å². The minimum Gasteiger partial charge on any atom is -0.493 e. The largest absolute Gasteiger partial charge is 0.493 e. The Kier molecular flexibility index (Phi) is 6.75. The predicted octanol–water partition coefficient (Wildman–Crippen LogP) is 4.77. The van der Waals surface area contributed by atoms with Crippen molar-refractivity contribution in [2.24, 2.45) is 5.92 Å². The fraction of sp³-hybridized carbons (Fsp3) is 0.333. The first-order valence-electron chi connectivity index (χ1n) is 8.69. The van der Waals surface area contributed by atoms with Crippen LogP contribution in [0.25, 0.3) is 0 Å². The van der Waals surface area contributed by atoms with Crippen molar-refractivity contribution in [2.45, 2.75) is 34.6 Å². The molecule has 26 heavy (non-hydrogen) atoms. The minimum absolute atomic E-state index is 0.264. The summed E-state index contributed by atoms with van der Waals surface area (Å²) in [4.78, 5) is 12.5. The summed E-state index contributed by atoms with van der Waals surface area (Å²) in [5, 5.41) is 6.14. The van der Waals surface area contributed by atoms with Crippen molar-refractivity contribution in [2.75, 3.05) is 11.9 Å². The molecule has 0 saturated heterocycles. The molecule has 138 valence electrons. The first-order chi connectivity index (χ1) is 12.3. The van der Waals surface area contributed by atoms with Gasteiger partial charge < -0.3 is 10.1 Å². The summed E-state index contributed by atoms with van der Waals surface area (Å²) in [5.41, 5.74) is 4.80. The molecule has 5 heteroatoms. The molecule has 0 bridgehead atoms. The number of aryl methyl sites for hydroxylation is 3. The molecule has 4 nitrogen and oxygen atoms in total. The average molecular weight is 371 g/mol. The quantitative estimate of drug-likeness (QED) is 0.744. The second-order valence-electron chi connectivity index (χ2n) is 6.91. The number of hydrogen-bond donors (Lipinski definition) is 2. The van der Waals surface area contributed by atoms with E-state index in [4.69, 9.17) is 17.0 Å². The van der Waals surface area contributed by atoms with Crippen LogP contribution in [0.1, 0.15) is 40.9 Å². The first kappa shape index (κ1) is 19.9. The van der Waals surface area contributed by atoms with Crippen LogP contribution < -0.4 is 15.4 Å². The van der Waals surface area contributed by atoms with E-state index in [1.54, 1.807) is 18.2 Å². The minimum atomic E-state index is -0.264. The lowest BCUT2D eigenvalue weighted by atomic mass is 10.1. The second kappa shape index (κ2) is 8.81. The number of carbonyl (C=O) groups excluding carboxylic acids is 1. The topological polar surface area (TPSA) is 50.4 Å². The lowest BCUT2D eigenvalue weighted by molar-refractivity contribution is 0.0977. The van der Waals surface area contributed by atoms with E-state index in [1.807, 2.05) is 19.9 Å². The van der Waals surface area contributed by atoms with Gasteiger partial charge in [-0.1, -0.05) is 37.6 Å². The Labute approximate surface area is 161 Å². The summed E-state index contributed by atoms with van der Waals surface area (Å²) in [5.74, 6) is 0.834. The zero-order valence-electron chi connectivity index (χ0n) is 16.0. The van der Waals surface area contributed by atoms with Crippen LogP contribution in [0.5, 0.6) is 5.75 Å². The van der Waals surface area contributed by atoms with E-state index >= 15 is 0 Å². The molecule has 0 heterocycles. The van der Waals surface area contributed by atoms with Gasteiger partial charge in [-0.2, -0.15) is 0 Å². The molecule has 0 saturated carbocycles. The van der Waals surface area contributed by atoms with Crippen molar-refractivity contribution >= 4 is 28.9 Å². The van der Waals surface area contributed by atoms with Crippen LogP contribution in [0.15, 0.2) is 36.4 Å². The van der Waals surface area contributed by atoms with Gasteiger partial charge >= 0.3 is 0 Å². The van der Waals surface area contributed by atoms with Crippen molar-refractivity contribution < 1.29 is 9.53 Å². The zero-order valence-corrected chi connectivity index (χ0v) is 16.8. The highest BCUT2D eigenvalue weighted by atomic mass is 32.1. The molecule has 0 unspecified atom stereocenters. The number of anilines is 1. The van der Waals surface area contributed by atoms with Gasteiger partial charge in [-0.25, -0.2) is 0 Å². The van der Waals surface area contributed by atoms with Crippen molar-refractivity contribution in [1.29, 1.82) is 0 Å². The van der Waals surface area contributed by atoms with Crippen molar-refractivity contribution in [3.63, 3.8) is 0 Å². The lowest BCUT2D eigenvalue weighted by Crippen LogP contribution is -2.34.